The largest absolute Gasteiger partial charge is 0.494 e. The molecule has 0 bridgehead atoms. The number of nitrogens with one attached hydrogen (secondary N) is 1. The average molecular weight is 271 g/mol. The highest BCUT2D eigenvalue weighted by molar-refractivity contribution is 5.84. The van der Waals surface area contributed by atoms with Gasteiger partial charge in [-0.3, -0.25) is 0 Å². The Hall–Kier alpha value is -1.48. The molecule has 1 aromatic heterocycles. The third kappa shape index (κ3) is 2.31. The standard InChI is InChI=1S/C17H21NO2/c1-2-19-13-7-8-15-14(9-13)17(11-3-4-11)16(20-15)10-18-12-5-6-12/h7-9,11-12,18H,2-6,10H2,1H3. The molecular weight excluding hydrogens is 250 g/mol. The molecule has 0 saturated heterocycles. The van der Waals surface area contributed by atoms with E-state index in [9.17, 15) is 0 Å². The van der Waals surface area contributed by atoms with Crippen molar-refractivity contribution in [1.29, 1.82) is 0 Å². The maximum atomic E-state index is 6.09. The van der Waals surface area contributed by atoms with Gasteiger partial charge < -0.3 is 14.5 Å². The second-order valence-corrected chi connectivity index (χ2v) is 5.96. The van der Waals surface area contributed by atoms with Crippen molar-refractivity contribution in [3.05, 3.63) is 29.5 Å². The van der Waals surface area contributed by atoms with Crippen LogP contribution < -0.4 is 10.1 Å². The van der Waals surface area contributed by atoms with Gasteiger partial charge in [0.15, 0.2) is 0 Å². The molecule has 1 heterocycles. The van der Waals surface area contributed by atoms with E-state index >= 15 is 0 Å². The topological polar surface area (TPSA) is 34.4 Å². The van der Waals surface area contributed by atoms with Gasteiger partial charge in [-0.1, -0.05) is 0 Å². The summed E-state index contributed by atoms with van der Waals surface area (Å²) in [5.41, 5.74) is 2.43. The molecule has 3 heteroatoms. The lowest BCUT2D eigenvalue weighted by Crippen LogP contribution is -2.15. The van der Waals surface area contributed by atoms with Crippen molar-refractivity contribution >= 4 is 11.0 Å². The zero-order chi connectivity index (χ0) is 13.5. The van der Waals surface area contributed by atoms with Gasteiger partial charge in [0.1, 0.15) is 17.1 Å². The van der Waals surface area contributed by atoms with Gasteiger partial charge >= 0.3 is 0 Å². The molecule has 4 rings (SSSR count). The number of furan rings is 1. The van der Waals surface area contributed by atoms with Crippen molar-refractivity contribution in [2.45, 2.75) is 51.1 Å². The Morgan fingerprint density at radius 2 is 2.10 bits per heavy atom. The fourth-order valence-corrected chi connectivity index (χ4v) is 2.88. The van der Waals surface area contributed by atoms with E-state index in [1.165, 1.54) is 36.6 Å². The van der Waals surface area contributed by atoms with E-state index in [4.69, 9.17) is 9.15 Å². The minimum Gasteiger partial charge on any atom is -0.494 e. The molecule has 0 spiro atoms. The van der Waals surface area contributed by atoms with Crippen molar-refractivity contribution in [2.75, 3.05) is 6.61 Å². The van der Waals surface area contributed by atoms with Gasteiger partial charge in [0.25, 0.3) is 0 Å². The van der Waals surface area contributed by atoms with E-state index in [-0.39, 0.29) is 0 Å². The highest BCUT2D eigenvalue weighted by Gasteiger charge is 2.31. The molecule has 0 aliphatic heterocycles. The quantitative estimate of drug-likeness (QED) is 0.863. The molecule has 0 amide bonds. The summed E-state index contributed by atoms with van der Waals surface area (Å²) in [5.74, 6) is 2.79. The second kappa shape index (κ2) is 4.81. The molecule has 2 saturated carbocycles. The molecule has 2 aliphatic carbocycles. The van der Waals surface area contributed by atoms with E-state index in [2.05, 4.69) is 11.4 Å². The summed E-state index contributed by atoms with van der Waals surface area (Å²) in [6.07, 6.45) is 5.22. The molecule has 1 aromatic carbocycles. The normalized spacial score (nSPS) is 18.6. The lowest BCUT2D eigenvalue weighted by Gasteiger charge is -2.04. The van der Waals surface area contributed by atoms with Gasteiger partial charge in [0.05, 0.1) is 13.2 Å². The molecule has 0 unspecified atom stereocenters. The number of hydrogen-bond acceptors (Lipinski definition) is 3. The van der Waals surface area contributed by atoms with E-state index < -0.39 is 0 Å². The Bertz CT molecular complexity index is 623. The molecule has 0 atom stereocenters. The van der Waals surface area contributed by atoms with E-state index in [0.29, 0.717) is 18.6 Å². The van der Waals surface area contributed by atoms with Gasteiger partial charge in [-0.05, 0) is 56.7 Å². The fourth-order valence-electron chi connectivity index (χ4n) is 2.88. The summed E-state index contributed by atoms with van der Waals surface area (Å²) in [4.78, 5) is 0. The van der Waals surface area contributed by atoms with Gasteiger partial charge in [-0.2, -0.15) is 0 Å². The first-order chi connectivity index (χ1) is 9.85. The minimum atomic E-state index is 0.698. The van der Waals surface area contributed by atoms with Crippen molar-refractivity contribution < 1.29 is 9.15 Å². The van der Waals surface area contributed by atoms with Crippen LogP contribution in [0.1, 0.15) is 49.8 Å². The first kappa shape index (κ1) is 12.3. The van der Waals surface area contributed by atoms with Crippen LogP contribution in [-0.2, 0) is 6.54 Å². The summed E-state index contributed by atoms with van der Waals surface area (Å²) in [6, 6.07) is 6.92. The van der Waals surface area contributed by atoms with E-state index in [1.54, 1.807) is 0 Å². The zero-order valence-electron chi connectivity index (χ0n) is 11.9. The summed E-state index contributed by atoms with van der Waals surface area (Å²) < 4.78 is 11.7. The average Bonchev–Trinajstić information content (AvgIpc) is 3.35. The zero-order valence-corrected chi connectivity index (χ0v) is 11.9. The minimum absolute atomic E-state index is 0.698. The molecule has 1 N–H and O–H groups in total. The van der Waals surface area contributed by atoms with Crippen LogP contribution in [0, 0.1) is 0 Å². The smallest absolute Gasteiger partial charge is 0.134 e. The monoisotopic (exact) mass is 271 g/mol. The first-order valence-electron chi connectivity index (χ1n) is 7.76. The van der Waals surface area contributed by atoms with Crippen LogP contribution in [0.5, 0.6) is 5.75 Å². The molecular formula is C17H21NO2. The predicted molar refractivity (Wildman–Crippen MR) is 79.2 cm³/mol. The lowest BCUT2D eigenvalue weighted by atomic mass is 10.1. The predicted octanol–water partition coefficient (Wildman–Crippen LogP) is 3.96. The highest BCUT2D eigenvalue weighted by Crippen LogP contribution is 2.46. The van der Waals surface area contributed by atoms with E-state index in [0.717, 1.165) is 23.6 Å². The Kier molecular flexibility index (Phi) is 2.95. The third-order valence-electron chi connectivity index (χ3n) is 4.20. The summed E-state index contributed by atoms with van der Waals surface area (Å²) >= 11 is 0. The Morgan fingerprint density at radius 1 is 1.25 bits per heavy atom. The van der Waals surface area contributed by atoms with Crippen LogP contribution in [0.25, 0.3) is 11.0 Å². The van der Waals surface area contributed by atoms with Gasteiger partial charge in [0.2, 0.25) is 0 Å². The number of benzene rings is 1. The van der Waals surface area contributed by atoms with Crippen LogP contribution in [-0.4, -0.2) is 12.6 Å². The summed E-state index contributed by atoms with van der Waals surface area (Å²) in [7, 11) is 0. The number of ether oxygens (including phenoxy) is 1. The lowest BCUT2D eigenvalue weighted by molar-refractivity contribution is 0.340. The van der Waals surface area contributed by atoms with Gasteiger partial charge in [-0.25, -0.2) is 0 Å². The number of hydrogen-bond donors (Lipinski definition) is 1. The van der Waals surface area contributed by atoms with Crippen LogP contribution in [0.3, 0.4) is 0 Å². The Balaban J connectivity index is 1.71. The van der Waals surface area contributed by atoms with Crippen LogP contribution in [0.2, 0.25) is 0 Å². The second-order valence-electron chi connectivity index (χ2n) is 5.96. The Morgan fingerprint density at radius 3 is 2.80 bits per heavy atom. The van der Waals surface area contributed by atoms with Crippen LogP contribution >= 0.6 is 0 Å². The van der Waals surface area contributed by atoms with Gasteiger partial charge in [0, 0.05) is 17.0 Å². The highest BCUT2D eigenvalue weighted by atomic mass is 16.5. The summed E-state index contributed by atoms with van der Waals surface area (Å²) in [5, 5.41) is 4.83. The van der Waals surface area contributed by atoms with Crippen LogP contribution in [0.4, 0.5) is 0 Å². The van der Waals surface area contributed by atoms with Crippen molar-refractivity contribution in [1.82, 2.24) is 5.32 Å². The summed E-state index contributed by atoms with van der Waals surface area (Å²) in [6.45, 7) is 3.60. The Labute approximate surface area is 119 Å². The molecule has 20 heavy (non-hydrogen) atoms. The van der Waals surface area contributed by atoms with E-state index in [1.807, 2.05) is 19.1 Å². The van der Waals surface area contributed by atoms with Crippen molar-refractivity contribution in [3.8, 4) is 5.75 Å². The van der Waals surface area contributed by atoms with Crippen molar-refractivity contribution in [2.24, 2.45) is 0 Å². The SMILES string of the molecule is CCOc1ccc2oc(CNC3CC3)c(C3CC3)c2c1. The first-order valence-corrected chi connectivity index (χ1v) is 7.76. The maximum absolute atomic E-state index is 6.09. The van der Waals surface area contributed by atoms with Gasteiger partial charge in [-0.15, -0.1) is 0 Å². The maximum Gasteiger partial charge on any atom is 0.134 e. The van der Waals surface area contributed by atoms with Crippen LogP contribution in [0.15, 0.2) is 22.6 Å². The van der Waals surface area contributed by atoms with Crippen molar-refractivity contribution in [3.63, 3.8) is 0 Å². The molecule has 2 aliphatic rings. The molecule has 0 radical (unpaired) electrons. The molecule has 106 valence electrons. The number of fused-ring (bicyclic) bond motifs is 1. The number of rotatable bonds is 6. The molecule has 2 aromatic rings. The fraction of sp³-hybridized carbons (Fsp3) is 0.529. The molecule has 2 fully saturated rings. The molecule has 3 nitrogen and oxygen atoms in total. The third-order valence-corrected chi connectivity index (χ3v) is 4.20.